The molecule has 0 aliphatic carbocycles. The Morgan fingerprint density at radius 3 is 3.21 bits per heavy atom. The molecule has 2 saturated heterocycles. The molecule has 0 radical (unpaired) electrons. The molecule has 4 nitrogen and oxygen atoms in total. The van der Waals surface area contributed by atoms with Gasteiger partial charge in [0.2, 0.25) is 0 Å². The van der Waals surface area contributed by atoms with E-state index in [1.54, 1.807) is 0 Å². The lowest BCUT2D eigenvalue weighted by Crippen LogP contribution is -2.41. The van der Waals surface area contributed by atoms with Crippen LogP contribution in [0, 0.1) is 6.92 Å². The first kappa shape index (κ1) is 13.0. The number of nitrogens with zero attached hydrogens (tertiary/aromatic N) is 1. The van der Waals surface area contributed by atoms with E-state index >= 15 is 0 Å². The van der Waals surface area contributed by atoms with Gasteiger partial charge in [0.1, 0.15) is 0 Å². The molecular formula is C15H22N2O2. The van der Waals surface area contributed by atoms with Gasteiger partial charge in [-0.3, -0.25) is 4.98 Å². The number of aromatic nitrogens is 1. The topological polar surface area (TPSA) is 43.4 Å². The zero-order valence-corrected chi connectivity index (χ0v) is 11.5. The number of pyridine rings is 1. The lowest BCUT2D eigenvalue weighted by molar-refractivity contribution is -0.0911. The molecule has 3 heterocycles. The Bertz CT molecular complexity index is 424. The minimum absolute atomic E-state index is 0.256. The molecule has 1 aromatic heterocycles. The first-order valence-electron chi connectivity index (χ1n) is 7.20. The van der Waals surface area contributed by atoms with E-state index in [1.165, 1.54) is 6.42 Å². The molecule has 0 saturated carbocycles. The molecular weight excluding hydrogens is 240 g/mol. The molecule has 2 aliphatic heterocycles. The summed E-state index contributed by atoms with van der Waals surface area (Å²) in [6.07, 6.45) is 4.10. The molecule has 1 aromatic rings. The van der Waals surface area contributed by atoms with Gasteiger partial charge in [-0.25, -0.2) is 0 Å². The van der Waals surface area contributed by atoms with Crippen LogP contribution in [-0.4, -0.2) is 36.4 Å². The van der Waals surface area contributed by atoms with Gasteiger partial charge in [-0.05, 0) is 44.9 Å². The summed E-state index contributed by atoms with van der Waals surface area (Å²) in [6.45, 7) is 4.35. The smallest absolute Gasteiger partial charge is 0.0889 e. The summed E-state index contributed by atoms with van der Waals surface area (Å²) in [6, 6.07) is 6.61. The van der Waals surface area contributed by atoms with Gasteiger partial charge in [-0.1, -0.05) is 6.07 Å². The molecule has 0 spiro atoms. The van der Waals surface area contributed by atoms with Crippen LogP contribution in [0.5, 0.6) is 0 Å². The fourth-order valence-electron chi connectivity index (χ4n) is 2.97. The van der Waals surface area contributed by atoms with Crippen LogP contribution >= 0.6 is 0 Å². The SMILES string of the molecule is Cc1cccc(COC[C@H]2CC[C@H]3NCC[C@H]3O2)n1. The second kappa shape index (κ2) is 5.99. The van der Waals surface area contributed by atoms with E-state index < -0.39 is 0 Å². The van der Waals surface area contributed by atoms with Crippen molar-refractivity contribution in [2.75, 3.05) is 13.2 Å². The maximum Gasteiger partial charge on any atom is 0.0889 e. The van der Waals surface area contributed by atoms with E-state index in [0.29, 0.717) is 25.4 Å². The maximum atomic E-state index is 6.06. The standard InChI is InChI=1S/C15H22N2O2/c1-11-3-2-4-12(17-11)9-18-10-13-5-6-14-15(19-13)7-8-16-14/h2-4,13-16H,5-10H2,1H3/t13-,14-,15-/m1/s1. The Morgan fingerprint density at radius 2 is 2.32 bits per heavy atom. The highest BCUT2D eigenvalue weighted by molar-refractivity contribution is 5.08. The van der Waals surface area contributed by atoms with E-state index in [4.69, 9.17) is 9.47 Å². The predicted molar refractivity (Wildman–Crippen MR) is 72.9 cm³/mol. The molecule has 104 valence electrons. The minimum atomic E-state index is 0.256. The van der Waals surface area contributed by atoms with Crippen molar-refractivity contribution in [3.05, 3.63) is 29.6 Å². The Hall–Kier alpha value is -0.970. The number of nitrogens with one attached hydrogen (secondary N) is 1. The Kier molecular flexibility index (Phi) is 4.11. The first-order valence-corrected chi connectivity index (χ1v) is 7.20. The molecule has 3 rings (SSSR count). The van der Waals surface area contributed by atoms with Crippen molar-refractivity contribution >= 4 is 0 Å². The van der Waals surface area contributed by atoms with Crippen LogP contribution < -0.4 is 5.32 Å². The highest BCUT2D eigenvalue weighted by Gasteiger charge is 2.34. The van der Waals surface area contributed by atoms with E-state index in [2.05, 4.69) is 10.3 Å². The lowest BCUT2D eigenvalue weighted by atomic mass is 10.0. The second-order valence-corrected chi connectivity index (χ2v) is 5.51. The summed E-state index contributed by atoms with van der Waals surface area (Å²) >= 11 is 0. The molecule has 0 aromatic carbocycles. The Morgan fingerprint density at radius 1 is 1.37 bits per heavy atom. The van der Waals surface area contributed by atoms with Crippen molar-refractivity contribution in [3.63, 3.8) is 0 Å². The van der Waals surface area contributed by atoms with Gasteiger partial charge >= 0.3 is 0 Å². The van der Waals surface area contributed by atoms with E-state index in [0.717, 1.165) is 30.8 Å². The molecule has 2 aliphatic rings. The monoisotopic (exact) mass is 262 g/mol. The zero-order chi connectivity index (χ0) is 13.1. The highest BCUT2D eigenvalue weighted by Crippen LogP contribution is 2.25. The van der Waals surface area contributed by atoms with Gasteiger partial charge in [-0.2, -0.15) is 0 Å². The highest BCUT2D eigenvalue weighted by atomic mass is 16.5. The fourth-order valence-corrected chi connectivity index (χ4v) is 2.97. The third-order valence-electron chi connectivity index (χ3n) is 3.95. The lowest BCUT2D eigenvalue weighted by Gasteiger charge is -2.32. The van der Waals surface area contributed by atoms with Crippen LogP contribution in [0.25, 0.3) is 0 Å². The molecule has 3 atom stereocenters. The summed E-state index contributed by atoms with van der Waals surface area (Å²) in [4.78, 5) is 4.43. The van der Waals surface area contributed by atoms with Gasteiger partial charge < -0.3 is 14.8 Å². The third-order valence-corrected chi connectivity index (χ3v) is 3.95. The van der Waals surface area contributed by atoms with Crippen molar-refractivity contribution in [2.24, 2.45) is 0 Å². The number of fused-ring (bicyclic) bond motifs is 1. The summed E-state index contributed by atoms with van der Waals surface area (Å²) in [5, 5.41) is 3.49. The molecule has 0 bridgehead atoms. The molecule has 1 N–H and O–H groups in total. The van der Waals surface area contributed by atoms with Crippen LogP contribution in [0.1, 0.15) is 30.7 Å². The largest absolute Gasteiger partial charge is 0.372 e. The fraction of sp³-hybridized carbons (Fsp3) is 0.667. The normalized spacial score (nSPS) is 30.3. The Labute approximate surface area is 114 Å². The summed E-state index contributed by atoms with van der Waals surface area (Å²) in [5.41, 5.74) is 2.03. The number of ether oxygens (including phenoxy) is 2. The second-order valence-electron chi connectivity index (χ2n) is 5.51. The van der Waals surface area contributed by atoms with Crippen LogP contribution in [-0.2, 0) is 16.1 Å². The van der Waals surface area contributed by atoms with Gasteiger partial charge in [-0.15, -0.1) is 0 Å². The summed E-state index contributed by atoms with van der Waals surface area (Å²) in [7, 11) is 0. The molecule has 2 fully saturated rings. The van der Waals surface area contributed by atoms with Crippen molar-refractivity contribution in [2.45, 2.75) is 51.0 Å². The van der Waals surface area contributed by atoms with Gasteiger partial charge in [0.05, 0.1) is 31.1 Å². The zero-order valence-electron chi connectivity index (χ0n) is 11.5. The van der Waals surface area contributed by atoms with Crippen molar-refractivity contribution < 1.29 is 9.47 Å². The van der Waals surface area contributed by atoms with Crippen molar-refractivity contribution in [1.29, 1.82) is 0 Å². The Balaban J connectivity index is 1.43. The van der Waals surface area contributed by atoms with Crippen LogP contribution in [0.15, 0.2) is 18.2 Å². The predicted octanol–water partition coefficient (Wildman–Crippen LogP) is 1.82. The van der Waals surface area contributed by atoms with Crippen molar-refractivity contribution in [3.8, 4) is 0 Å². The van der Waals surface area contributed by atoms with Crippen molar-refractivity contribution in [1.82, 2.24) is 10.3 Å². The minimum Gasteiger partial charge on any atom is -0.372 e. The van der Waals surface area contributed by atoms with Crippen LogP contribution in [0.3, 0.4) is 0 Å². The van der Waals surface area contributed by atoms with Gasteiger partial charge in [0.15, 0.2) is 0 Å². The summed E-state index contributed by atoms with van der Waals surface area (Å²) < 4.78 is 11.8. The number of aryl methyl sites for hydroxylation is 1. The average molecular weight is 262 g/mol. The molecule has 4 heteroatoms. The number of hydrogen-bond acceptors (Lipinski definition) is 4. The van der Waals surface area contributed by atoms with E-state index in [1.807, 2.05) is 25.1 Å². The van der Waals surface area contributed by atoms with Crippen LogP contribution in [0.4, 0.5) is 0 Å². The van der Waals surface area contributed by atoms with E-state index in [-0.39, 0.29) is 6.10 Å². The van der Waals surface area contributed by atoms with E-state index in [9.17, 15) is 0 Å². The molecule has 0 unspecified atom stereocenters. The van der Waals surface area contributed by atoms with Crippen LogP contribution in [0.2, 0.25) is 0 Å². The molecule has 0 amide bonds. The number of rotatable bonds is 4. The van der Waals surface area contributed by atoms with Gasteiger partial charge in [0, 0.05) is 11.7 Å². The van der Waals surface area contributed by atoms with Gasteiger partial charge in [0.25, 0.3) is 0 Å². The number of hydrogen-bond donors (Lipinski definition) is 1. The third kappa shape index (κ3) is 3.32. The maximum absolute atomic E-state index is 6.06. The average Bonchev–Trinajstić information content (AvgIpc) is 2.86. The first-order chi connectivity index (χ1) is 9.31. The molecule has 19 heavy (non-hydrogen) atoms. The quantitative estimate of drug-likeness (QED) is 0.899. The summed E-state index contributed by atoms with van der Waals surface area (Å²) in [5.74, 6) is 0.